The molecule has 94 valence electrons. The number of aromatic nitrogens is 4. The van der Waals surface area contributed by atoms with E-state index in [4.69, 9.17) is 12.2 Å². The molecule has 0 saturated carbocycles. The Morgan fingerprint density at radius 3 is 2.58 bits per heavy atom. The van der Waals surface area contributed by atoms with Gasteiger partial charge in [0.2, 0.25) is 0 Å². The van der Waals surface area contributed by atoms with Crippen LogP contribution in [-0.4, -0.2) is 19.7 Å². The summed E-state index contributed by atoms with van der Waals surface area (Å²) in [4.78, 5) is 4.03. The summed E-state index contributed by atoms with van der Waals surface area (Å²) in [5, 5.41) is 7.01. The largest absolute Gasteiger partial charge is 0.333 e. The molecular formula is C14H12N4S. The third-order valence-corrected chi connectivity index (χ3v) is 3.08. The van der Waals surface area contributed by atoms with Gasteiger partial charge in [-0.3, -0.25) is 5.10 Å². The Balaban J connectivity index is 1.82. The van der Waals surface area contributed by atoms with Crippen LogP contribution >= 0.6 is 12.2 Å². The highest BCUT2D eigenvalue weighted by Crippen LogP contribution is 2.16. The van der Waals surface area contributed by atoms with Crippen molar-refractivity contribution in [3.8, 4) is 11.3 Å². The minimum atomic E-state index is 0.639. The monoisotopic (exact) mass is 268 g/mol. The molecule has 0 amide bonds. The van der Waals surface area contributed by atoms with Crippen molar-refractivity contribution in [2.75, 3.05) is 0 Å². The Hall–Kier alpha value is -2.27. The number of nitrogens with zero attached hydrogens (tertiary/aromatic N) is 3. The highest BCUT2D eigenvalue weighted by molar-refractivity contribution is 7.71. The lowest BCUT2D eigenvalue weighted by Crippen LogP contribution is -1.96. The van der Waals surface area contributed by atoms with E-state index in [1.54, 1.807) is 6.20 Å². The lowest BCUT2D eigenvalue weighted by atomic mass is 10.1. The molecule has 0 aliphatic heterocycles. The second kappa shape index (κ2) is 5.16. The minimum Gasteiger partial charge on any atom is -0.333 e. The number of aromatic amines is 1. The van der Waals surface area contributed by atoms with Crippen molar-refractivity contribution in [3.05, 3.63) is 65.3 Å². The van der Waals surface area contributed by atoms with Gasteiger partial charge in [0.15, 0.2) is 0 Å². The highest BCUT2D eigenvalue weighted by Gasteiger charge is 2.00. The molecule has 0 aliphatic carbocycles. The summed E-state index contributed by atoms with van der Waals surface area (Å²) >= 11 is 4.98. The summed E-state index contributed by atoms with van der Waals surface area (Å²) in [6, 6.07) is 12.1. The second-order valence-corrected chi connectivity index (χ2v) is 4.68. The zero-order valence-electron chi connectivity index (χ0n) is 10.2. The Bertz CT molecular complexity index is 693. The fourth-order valence-electron chi connectivity index (χ4n) is 1.88. The van der Waals surface area contributed by atoms with Crippen LogP contribution in [0, 0.1) is 4.64 Å². The second-order valence-electron chi connectivity index (χ2n) is 4.24. The summed E-state index contributed by atoms with van der Waals surface area (Å²) in [7, 11) is 0. The third-order valence-electron chi connectivity index (χ3n) is 2.85. The van der Waals surface area contributed by atoms with Crippen LogP contribution in [0.3, 0.4) is 0 Å². The molecule has 0 atom stereocenters. The molecule has 0 saturated heterocycles. The van der Waals surface area contributed by atoms with Crippen LogP contribution in [0.5, 0.6) is 0 Å². The summed E-state index contributed by atoms with van der Waals surface area (Å²) in [6.45, 7) is 0.824. The van der Waals surface area contributed by atoms with E-state index < -0.39 is 0 Å². The number of imidazole rings is 1. The van der Waals surface area contributed by atoms with Crippen LogP contribution in [-0.2, 0) is 6.54 Å². The van der Waals surface area contributed by atoms with Crippen molar-refractivity contribution in [1.29, 1.82) is 0 Å². The van der Waals surface area contributed by atoms with Gasteiger partial charge in [-0.1, -0.05) is 36.5 Å². The molecule has 0 fully saturated rings. The summed E-state index contributed by atoms with van der Waals surface area (Å²) in [5.41, 5.74) is 3.19. The van der Waals surface area contributed by atoms with Gasteiger partial charge in [0.05, 0.1) is 12.0 Å². The Kier molecular flexibility index (Phi) is 3.20. The van der Waals surface area contributed by atoms with Gasteiger partial charge < -0.3 is 4.57 Å². The predicted octanol–water partition coefficient (Wildman–Crippen LogP) is 3.05. The first-order valence-electron chi connectivity index (χ1n) is 5.92. The van der Waals surface area contributed by atoms with Gasteiger partial charge in [-0.25, -0.2) is 4.98 Å². The standard InChI is InChI=1S/C14H12N4S/c19-14-6-5-13(16-17-14)12-3-1-11(2-4-12)9-18-8-7-15-10-18/h1-8,10H,9H2,(H,17,19). The molecule has 3 aromatic rings. The maximum atomic E-state index is 4.98. The van der Waals surface area contributed by atoms with Crippen LogP contribution in [0.2, 0.25) is 0 Å². The van der Waals surface area contributed by atoms with Crippen molar-refractivity contribution in [2.45, 2.75) is 6.54 Å². The molecule has 0 bridgehead atoms. The van der Waals surface area contributed by atoms with E-state index in [0.717, 1.165) is 17.8 Å². The molecule has 3 rings (SSSR count). The number of hydrogen-bond donors (Lipinski definition) is 1. The average Bonchev–Trinajstić information content (AvgIpc) is 2.94. The molecule has 0 aliphatic rings. The minimum absolute atomic E-state index is 0.639. The first kappa shape index (κ1) is 11.8. The Morgan fingerprint density at radius 1 is 1.11 bits per heavy atom. The van der Waals surface area contributed by atoms with E-state index in [0.29, 0.717) is 4.64 Å². The maximum absolute atomic E-state index is 4.98. The van der Waals surface area contributed by atoms with Crippen molar-refractivity contribution >= 4 is 12.2 Å². The first-order chi connectivity index (χ1) is 9.31. The molecule has 2 aromatic heterocycles. The van der Waals surface area contributed by atoms with Crippen LogP contribution in [0.25, 0.3) is 11.3 Å². The Labute approximate surface area is 115 Å². The molecule has 4 nitrogen and oxygen atoms in total. The molecule has 0 radical (unpaired) electrons. The van der Waals surface area contributed by atoms with Gasteiger partial charge in [-0.05, 0) is 17.7 Å². The van der Waals surface area contributed by atoms with E-state index in [9.17, 15) is 0 Å². The third kappa shape index (κ3) is 2.77. The summed E-state index contributed by atoms with van der Waals surface area (Å²) in [5.74, 6) is 0. The lowest BCUT2D eigenvalue weighted by molar-refractivity contribution is 0.797. The number of hydrogen-bond acceptors (Lipinski definition) is 3. The zero-order chi connectivity index (χ0) is 13.1. The van der Waals surface area contributed by atoms with Crippen LogP contribution in [0.1, 0.15) is 5.56 Å². The number of benzene rings is 1. The smallest absolute Gasteiger partial charge is 0.119 e. The Morgan fingerprint density at radius 2 is 1.95 bits per heavy atom. The molecular weight excluding hydrogens is 256 g/mol. The van der Waals surface area contributed by atoms with Crippen LogP contribution < -0.4 is 0 Å². The first-order valence-corrected chi connectivity index (χ1v) is 6.33. The van der Waals surface area contributed by atoms with Crippen molar-refractivity contribution in [3.63, 3.8) is 0 Å². The van der Waals surface area contributed by atoms with Gasteiger partial charge in [-0.2, -0.15) is 5.10 Å². The van der Waals surface area contributed by atoms with Gasteiger partial charge in [0.1, 0.15) is 4.64 Å². The SMILES string of the molecule is S=c1ccc(-c2ccc(Cn3ccnc3)cc2)n[nH]1. The van der Waals surface area contributed by atoms with E-state index in [-0.39, 0.29) is 0 Å². The van der Waals surface area contributed by atoms with E-state index in [1.807, 2.05) is 29.2 Å². The van der Waals surface area contributed by atoms with Crippen molar-refractivity contribution < 1.29 is 0 Å². The molecule has 1 aromatic carbocycles. The lowest BCUT2D eigenvalue weighted by Gasteiger charge is -2.04. The normalized spacial score (nSPS) is 10.5. The molecule has 0 unspecified atom stereocenters. The zero-order valence-corrected chi connectivity index (χ0v) is 11.0. The van der Waals surface area contributed by atoms with Gasteiger partial charge in [0.25, 0.3) is 0 Å². The van der Waals surface area contributed by atoms with Crippen LogP contribution in [0.15, 0.2) is 55.1 Å². The molecule has 19 heavy (non-hydrogen) atoms. The van der Waals surface area contributed by atoms with Crippen molar-refractivity contribution in [1.82, 2.24) is 19.7 Å². The average molecular weight is 268 g/mol. The number of H-pyrrole nitrogens is 1. The molecule has 2 heterocycles. The molecule has 1 N–H and O–H groups in total. The van der Waals surface area contributed by atoms with Gasteiger partial charge >= 0.3 is 0 Å². The fraction of sp³-hybridized carbons (Fsp3) is 0.0714. The fourth-order valence-corrected chi connectivity index (χ4v) is 1.99. The van der Waals surface area contributed by atoms with Gasteiger partial charge in [0, 0.05) is 24.5 Å². The summed E-state index contributed by atoms with van der Waals surface area (Å²) in [6.07, 6.45) is 5.55. The van der Waals surface area contributed by atoms with Crippen LogP contribution in [0.4, 0.5) is 0 Å². The number of nitrogens with one attached hydrogen (secondary N) is 1. The predicted molar refractivity (Wildman–Crippen MR) is 76.2 cm³/mol. The van der Waals surface area contributed by atoms with Crippen molar-refractivity contribution in [2.24, 2.45) is 0 Å². The number of rotatable bonds is 3. The van der Waals surface area contributed by atoms with Gasteiger partial charge in [-0.15, -0.1) is 0 Å². The molecule has 0 spiro atoms. The topological polar surface area (TPSA) is 46.5 Å². The highest BCUT2D eigenvalue weighted by atomic mass is 32.1. The van der Waals surface area contributed by atoms with E-state index in [1.165, 1.54) is 5.56 Å². The van der Waals surface area contributed by atoms with E-state index >= 15 is 0 Å². The maximum Gasteiger partial charge on any atom is 0.119 e. The summed E-state index contributed by atoms with van der Waals surface area (Å²) < 4.78 is 2.67. The molecule has 5 heteroatoms. The van der Waals surface area contributed by atoms with E-state index in [2.05, 4.69) is 39.4 Å². The quantitative estimate of drug-likeness (QED) is 0.743.